The molecule has 1 aromatic heterocycles. The standard InChI is InChI=1S/C17H29F2N5.HI/c1-4-20-17(22-11-15-21-9-10-24(15)16(18)19)23-14-7-5-13(6-8-14)12(2)3;/h9-10,12-14,16H,4-8,11H2,1-3H3,(H2,20,22,23);1H. The van der Waals surface area contributed by atoms with E-state index >= 15 is 0 Å². The predicted molar refractivity (Wildman–Crippen MR) is 107 cm³/mol. The van der Waals surface area contributed by atoms with Gasteiger partial charge in [-0.3, -0.25) is 4.57 Å². The van der Waals surface area contributed by atoms with Gasteiger partial charge in [-0.25, -0.2) is 9.98 Å². The van der Waals surface area contributed by atoms with Crippen molar-refractivity contribution in [1.82, 2.24) is 20.2 Å². The molecule has 0 saturated heterocycles. The van der Waals surface area contributed by atoms with Gasteiger partial charge < -0.3 is 10.6 Å². The lowest BCUT2D eigenvalue weighted by atomic mass is 9.80. The summed E-state index contributed by atoms with van der Waals surface area (Å²) >= 11 is 0. The molecule has 0 bridgehead atoms. The van der Waals surface area contributed by atoms with E-state index in [0.717, 1.165) is 35.8 Å². The second-order valence-electron chi connectivity index (χ2n) is 6.72. The van der Waals surface area contributed by atoms with Gasteiger partial charge in [0, 0.05) is 25.0 Å². The fourth-order valence-corrected chi connectivity index (χ4v) is 3.24. The molecule has 0 aromatic carbocycles. The van der Waals surface area contributed by atoms with Gasteiger partial charge in [0.1, 0.15) is 12.4 Å². The molecule has 0 aliphatic heterocycles. The van der Waals surface area contributed by atoms with Crippen LogP contribution in [0.1, 0.15) is 58.8 Å². The number of imidazole rings is 1. The zero-order valence-electron chi connectivity index (χ0n) is 15.2. The van der Waals surface area contributed by atoms with Crippen molar-refractivity contribution in [3.8, 4) is 0 Å². The first-order valence-electron chi connectivity index (χ1n) is 8.86. The monoisotopic (exact) mass is 469 g/mol. The molecule has 0 atom stereocenters. The molecule has 1 aliphatic carbocycles. The third-order valence-corrected chi connectivity index (χ3v) is 4.74. The smallest absolute Gasteiger partial charge is 0.319 e. The Morgan fingerprint density at radius 1 is 1.32 bits per heavy atom. The topological polar surface area (TPSA) is 54.2 Å². The van der Waals surface area contributed by atoms with Crippen molar-refractivity contribution in [3.05, 3.63) is 18.2 Å². The van der Waals surface area contributed by atoms with Gasteiger partial charge in [0.15, 0.2) is 5.96 Å². The molecule has 1 heterocycles. The maximum absolute atomic E-state index is 12.9. The normalized spacial score (nSPS) is 21.3. The van der Waals surface area contributed by atoms with Crippen LogP contribution in [0, 0.1) is 11.8 Å². The summed E-state index contributed by atoms with van der Waals surface area (Å²) in [4.78, 5) is 8.39. The predicted octanol–water partition coefficient (Wildman–Crippen LogP) is 4.17. The van der Waals surface area contributed by atoms with Crippen molar-refractivity contribution < 1.29 is 8.78 Å². The molecule has 2 N–H and O–H groups in total. The van der Waals surface area contributed by atoms with E-state index < -0.39 is 6.55 Å². The van der Waals surface area contributed by atoms with Crippen molar-refractivity contribution in [2.45, 2.75) is 65.6 Å². The van der Waals surface area contributed by atoms with Gasteiger partial charge in [0.25, 0.3) is 0 Å². The maximum atomic E-state index is 12.9. The first-order chi connectivity index (χ1) is 11.5. The molecule has 0 radical (unpaired) electrons. The lowest BCUT2D eigenvalue weighted by Gasteiger charge is -2.32. The number of hydrogen-bond acceptors (Lipinski definition) is 2. The largest absolute Gasteiger partial charge is 0.357 e. The average Bonchev–Trinajstić information content (AvgIpc) is 3.02. The van der Waals surface area contributed by atoms with E-state index in [-0.39, 0.29) is 36.3 Å². The van der Waals surface area contributed by atoms with Gasteiger partial charge in [0.2, 0.25) is 0 Å². The Bertz CT molecular complexity index is 525. The molecular weight excluding hydrogens is 439 g/mol. The fourth-order valence-electron chi connectivity index (χ4n) is 3.24. The van der Waals surface area contributed by atoms with Crippen LogP contribution >= 0.6 is 24.0 Å². The highest BCUT2D eigenvalue weighted by Gasteiger charge is 2.23. The summed E-state index contributed by atoms with van der Waals surface area (Å²) in [7, 11) is 0. The summed E-state index contributed by atoms with van der Waals surface area (Å²) in [6.07, 6.45) is 7.36. The second-order valence-corrected chi connectivity index (χ2v) is 6.72. The number of nitrogens with one attached hydrogen (secondary N) is 2. The number of rotatable bonds is 6. The van der Waals surface area contributed by atoms with Crippen LogP contribution in [0.2, 0.25) is 0 Å². The van der Waals surface area contributed by atoms with Crippen LogP contribution in [0.25, 0.3) is 0 Å². The van der Waals surface area contributed by atoms with E-state index in [4.69, 9.17) is 0 Å². The Labute approximate surface area is 166 Å². The zero-order chi connectivity index (χ0) is 17.5. The molecule has 1 fully saturated rings. The van der Waals surface area contributed by atoms with Crippen molar-refractivity contribution in [1.29, 1.82) is 0 Å². The van der Waals surface area contributed by atoms with E-state index in [1.165, 1.54) is 25.2 Å². The quantitative estimate of drug-likeness (QED) is 0.374. The van der Waals surface area contributed by atoms with Gasteiger partial charge >= 0.3 is 6.55 Å². The Kier molecular flexibility index (Phi) is 9.66. The van der Waals surface area contributed by atoms with Crippen LogP contribution in [0.4, 0.5) is 8.78 Å². The van der Waals surface area contributed by atoms with Crippen LogP contribution in [0.15, 0.2) is 17.4 Å². The third kappa shape index (κ3) is 6.71. The molecule has 0 unspecified atom stereocenters. The molecule has 5 nitrogen and oxygen atoms in total. The molecule has 0 spiro atoms. The first-order valence-corrected chi connectivity index (χ1v) is 8.86. The van der Waals surface area contributed by atoms with E-state index in [9.17, 15) is 8.78 Å². The Balaban J connectivity index is 0.00000312. The molecule has 25 heavy (non-hydrogen) atoms. The van der Waals surface area contributed by atoms with Crippen LogP contribution in [-0.2, 0) is 6.54 Å². The molecule has 2 rings (SSSR count). The summed E-state index contributed by atoms with van der Waals surface area (Å²) in [5.74, 6) is 2.49. The average molecular weight is 469 g/mol. The van der Waals surface area contributed by atoms with Crippen LogP contribution in [-0.4, -0.2) is 28.1 Å². The lowest BCUT2D eigenvalue weighted by Crippen LogP contribution is -2.45. The van der Waals surface area contributed by atoms with Crippen LogP contribution < -0.4 is 10.6 Å². The molecule has 0 amide bonds. The fraction of sp³-hybridized carbons (Fsp3) is 0.765. The maximum Gasteiger partial charge on any atom is 0.319 e. The molecule has 1 aromatic rings. The van der Waals surface area contributed by atoms with E-state index in [0.29, 0.717) is 12.0 Å². The molecule has 144 valence electrons. The summed E-state index contributed by atoms with van der Waals surface area (Å²) in [5, 5.41) is 6.63. The van der Waals surface area contributed by atoms with Gasteiger partial charge in [0.05, 0.1) is 0 Å². The number of guanidine groups is 1. The number of aromatic nitrogens is 2. The highest BCUT2D eigenvalue weighted by Crippen LogP contribution is 2.29. The van der Waals surface area contributed by atoms with E-state index in [2.05, 4.69) is 34.5 Å². The van der Waals surface area contributed by atoms with Crippen molar-refractivity contribution >= 4 is 29.9 Å². The van der Waals surface area contributed by atoms with Crippen LogP contribution in [0.5, 0.6) is 0 Å². The zero-order valence-corrected chi connectivity index (χ0v) is 17.5. The van der Waals surface area contributed by atoms with Gasteiger partial charge in [-0.05, 0) is 44.4 Å². The number of halogens is 3. The van der Waals surface area contributed by atoms with Crippen molar-refractivity contribution in [2.24, 2.45) is 16.8 Å². The minimum absolute atomic E-state index is 0. The lowest BCUT2D eigenvalue weighted by molar-refractivity contribution is 0.0671. The van der Waals surface area contributed by atoms with E-state index in [1.54, 1.807) is 0 Å². The Hall–Kier alpha value is -0.930. The highest BCUT2D eigenvalue weighted by molar-refractivity contribution is 14.0. The van der Waals surface area contributed by atoms with Gasteiger partial charge in [-0.2, -0.15) is 8.78 Å². The first kappa shape index (κ1) is 22.1. The summed E-state index contributed by atoms with van der Waals surface area (Å²) < 4.78 is 26.6. The SMILES string of the molecule is CCNC(=NCc1nccn1C(F)F)NC1CCC(C(C)C)CC1.I. The molecule has 1 aliphatic rings. The second kappa shape index (κ2) is 10.9. The summed E-state index contributed by atoms with van der Waals surface area (Å²) in [6.45, 7) is 4.85. The highest BCUT2D eigenvalue weighted by atomic mass is 127. The Morgan fingerprint density at radius 2 is 2.00 bits per heavy atom. The minimum Gasteiger partial charge on any atom is -0.357 e. The number of alkyl halides is 2. The Morgan fingerprint density at radius 3 is 2.56 bits per heavy atom. The summed E-state index contributed by atoms with van der Waals surface area (Å²) in [6, 6.07) is 0.396. The number of nitrogens with zero attached hydrogens (tertiary/aromatic N) is 3. The minimum atomic E-state index is -2.58. The molecule has 1 saturated carbocycles. The van der Waals surface area contributed by atoms with Crippen molar-refractivity contribution in [3.63, 3.8) is 0 Å². The van der Waals surface area contributed by atoms with Crippen molar-refractivity contribution in [2.75, 3.05) is 6.54 Å². The number of aliphatic imine (C=N–C) groups is 1. The van der Waals surface area contributed by atoms with E-state index in [1.807, 2.05) is 6.92 Å². The van der Waals surface area contributed by atoms with Crippen LogP contribution in [0.3, 0.4) is 0 Å². The van der Waals surface area contributed by atoms with Gasteiger partial charge in [-0.15, -0.1) is 24.0 Å². The van der Waals surface area contributed by atoms with Gasteiger partial charge in [-0.1, -0.05) is 13.8 Å². The number of hydrogen-bond donors (Lipinski definition) is 2. The summed E-state index contributed by atoms with van der Waals surface area (Å²) in [5.41, 5.74) is 0. The molecular formula is C17H30F2IN5. The molecule has 8 heteroatoms. The third-order valence-electron chi connectivity index (χ3n) is 4.74.